The van der Waals surface area contributed by atoms with Gasteiger partial charge in [0.15, 0.2) is 4.83 Å². The average molecular weight is 272 g/mol. The first-order valence-electron chi connectivity index (χ1n) is 4.42. The third kappa shape index (κ3) is 3.13. The van der Waals surface area contributed by atoms with Gasteiger partial charge in [0.1, 0.15) is 5.69 Å². The first kappa shape index (κ1) is 11.8. The number of nitrogens with zero attached hydrogens (tertiary/aromatic N) is 1. The molecule has 0 unspecified atom stereocenters. The number of carbonyl (C=O) groups is 2. The number of ketones is 1. The predicted octanol–water partition coefficient (Wildman–Crippen LogP) is 1.59. The van der Waals surface area contributed by atoms with Crippen molar-refractivity contribution >= 4 is 27.7 Å². The van der Waals surface area contributed by atoms with Gasteiger partial charge in [0.05, 0.1) is 6.61 Å². The number of halogens is 1. The molecule has 80 valence electrons. The first-order valence-corrected chi connectivity index (χ1v) is 5.34. The molecule has 0 aromatic carbocycles. The molecule has 1 aromatic heterocycles. The first-order chi connectivity index (χ1) is 7.16. The third-order valence-corrected chi connectivity index (χ3v) is 2.43. The Kier molecular flexibility index (Phi) is 4.42. The molecule has 0 radical (unpaired) electrons. The minimum atomic E-state index is -0.979. The van der Waals surface area contributed by atoms with Gasteiger partial charge >= 0.3 is 5.97 Å². The normalized spacial score (nSPS) is 11.9. The molecule has 1 heterocycles. The van der Waals surface area contributed by atoms with Gasteiger partial charge in [-0.15, -0.1) is 0 Å². The van der Waals surface area contributed by atoms with Crippen LogP contribution in [0.4, 0.5) is 0 Å². The molecule has 5 heteroatoms. The van der Waals surface area contributed by atoms with E-state index in [2.05, 4.69) is 20.9 Å². The van der Waals surface area contributed by atoms with Crippen LogP contribution in [0.15, 0.2) is 24.4 Å². The summed E-state index contributed by atoms with van der Waals surface area (Å²) >= 11 is 2.98. The number of hydrogen-bond acceptors (Lipinski definition) is 4. The molecule has 0 spiro atoms. The van der Waals surface area contributed by atoms with Crippen LogP contribution in [0.2, 0.25) is 0 Å². The van der Waals surface area contributed by atoms with E-state index in [1.165, 1.54) is 6.20 Å². The molecule has 0 aliphatic heterocycles. The van der Waals surface area contributed by atoms with Gasteiger partial charge in [-0.25, -0.2) is 0 Å². The highest BCUT2D eigenvalue weighted by molar-refractivity contribution is 9.10. The van der Waals surface area contributed by atoms with E-state index in [1.807, 2.05) is 0 Å². The fraction of sp³-hybridized carbons (Fsp3) is 0.300. The highest BCUT2D eigenvalue weighted by atomic mass is 79.9. The molecule has 1 rings (SSSR count). The minimum absolute atomic E-state index is 0.243. The van der Waals surface area contributed by atoms with E-state index in [0.717, 1.165) is 0 Å². The van der Waals surface area contributed by atoms with Gasteiger partial charge in [-0.1, -0.05) is 22.0 Å². The van der Waals surface area contributed by atoms with E-state index in [-0.39, 0.29) is 12.3 Å². The van der Waals surface area contributed by atoms with E-state index in [0.29, 0.717) is 0 Å². The number of hydrogen-bond donors (Lipinski definition) is 0. The summed E-state index contributed by atoms with van der Waals surface area (Å²) in [4.78, 5) is 25.8. The van der Waals surface area contributed by atoms with Crippen LogP contribution >= 0.6 is 15.9 Å². The standard InChI is InChI=1S/C10H10BrNO3/c1-2-15-10(14)8(11)9(13)7-5-3-4-6-12-7/h3-6,8H,2H2,1H3/t8-/m0/s1. The van der Waals surface area contributed by atoms with Crippen molar-refractivity contribution in [2.45, 2.75) is 11.8 Å². The lowest BCUT2D eigenvalue weighted by molar-refractivity contribution is -0.141. The molecule has 1 atom stereocenters. The molecule has 1 aromatic rings. The number of carbonyl (C=O) groups excluding carboxylic acids is 2. The van der Waals surface area contributed by atoms with Crippen molar-refractivity contribution in [1.29, 1.82) is 0 Å². The molecule has 0 bridgehead atoms. The molecule has 15 heavy (non-hydrogen) atoms. The molecule has 0 amide bonds. The van der Waals surface area contributed by atoms with E-state index < -0.39 is 16.6 Å². The lowest BCUT2D eigenvalue weighted by Gasteiger charge is -2.06. The number of ether oxygens (including phenoxy) is 1. The van der Waals surface area contributed by atoms with E-state index >= 15 is 0 Å². The number of pyridine rings is 1. The molecule has 0 N–H and O–H groups in total. The zero-order valence-corrected chi connectivity index (χ0v) is 9.73. The highest BCUT2D eigenvalue weighted by Gasteiger charge is 2.26. The smallest absolute Gasteiger partial charge is 0.327 e. The average Bonchev–Trinajstić information content (AvgIpc) is 2.28. The van der Waals surface area contributed by atoms with Crippen molar-refractivity contribution in [1.82, 2.24) is 4.98 Å². The summed E-state index contributed by atoms with van der Waals surface area (Å²) in [5.74, 6) is -0.984. The van der Waals surface area contributed by atoms with Gasteiger partial charge < -0.3 is 4.74 Å². The van der Waals surface area contributed by atoms with Crippen molar-refractivity contribution in [3.63, 3.8) is 0 Å². The molecular weight excluding hydrogens is 262 g/mol. The molecule has 0 aliphatic carbocycles. The lowest BCUT2D eigenvalue weighted by Crippen LogP contribution is -2.27. The van der Waals surface area contributed by atoms with Crippen LogP contribution in [-0.4, -0.2) is 28.2 Å². The van der Waals surface area contributed by atoms with Gasteiger partial charge in [-0.2, -0.15) is 0 Å². The van der Waals surface area contributed by atoms with Gasteiger partial charge in [0, 0.05) is 6.20 Å². The topological polar surface area (TPSA) is 56.3 Å². The number of esters is 1. The molecule has 0 saturated carbocycles. The molecule has 4 nitrogen and oxygen atoms in total. The number of aromatic nitrogens is 1. The van der Waals surface area contributed by atoms with Gasteiger partial charge in [0.2, 0.25) is 5.78 Å². The Balaban J connectivity index is 2.73. The Morgan fingerprint density at radius 2 is 2.27 bits per heavy atom. The maximum Gasteiger partial charge on any atom is 0.327 e. The second-order valence-electron chi connectivity index (χ2n) is 2.69. The van der Waals surface area contributed by atoms with Gasteiger partial charge in [-0.3, -0.25) is 14.6 Å². The van der Waals surface area contributed by atoms with Gasteiger partial charge in [0.25, 0.3) is 0 Å². The van der Waals surface area contributed by atoms with E-state index in [1.54, 1.807) is 25.1 Å². The SMILES string of the molecule is CCOC(=O)[C@@H](Br)C(=O)c1ccccn1. The van der Waals surface area contributed by atoms with Crippen LogP contribution in [0.25, 0.3) is 0 Å². The minimum Gasteiger partial charge on any atom is -0.465 e. The van der Waals surface area contributed by atoms with Crippen LogP contribution in [0.1, 0.15) is 17.4 Å². The van der Waals surface area contributed by atoms with Crippen molar-refractivity contribution in [3.8, 4) is 0 Å². The predicted molar refractivity (Wildman–Crippen MR) is 57.9 cm³/mol. The summed E-state index contributed by atoms with van der Waals surface area (Å²) < 4.78 is 4.71. The maximum atomic E-state index is 11.7. The third-order valence-electron chi connectivity index (χ3n) is 1.64. The molecular formula is C10H10BrNO3. The number of Topliss-reactive ketones (excluding diaryl/α,β-unsaturated/α-hetero) is 1. The number of rotatable bonds is 4. The summed E-state index contributed by atoms with van der Waals surface area (Å²) in [6.07, 6.45) is 1.50. The molecule has 0 fully saturated rings. The maximum absolute atomic E-state index is 11.7. The summed E-state index contributed by atoms with van der Waals surface area (Å²) in [5, 5.41) is 0. The van der Waals surface area contributed by atoms with Crippen LogP contribution in [0, 0.1) is 0 Å². The fourth-order valence-corrected chi connectivity index (χ4v) is 1.33. The van der Waals surface area contributed by atoms with Gasteiger partial charge in [-0.05, 0) is 19.1 Å². The number of alkyl halides is 1. The molecule has 0 saturated heterocycles. The zero-order chi connectivity index (χ0) is 11.3. The Bertz CT molecular complexity index is 353. The Hall–Kier alpha value is -1.23. The fourth-order valence-electron chi connectivity index (χ4n) is 0.961. The largest absolute Gasteiger partial charge is 0.465 e. The van der Waals surface area contributed by atoms with Crippen LogP contribution in [0.5, 0.6) is 0 Å². The highest BCUT2D eigenvalue weighted by Crippen LogP contribution is 2.09. The summed E-state index contributed by atoms with van der Waals surface area (Å²) in [5.41, 5.74) is 0.243. The van der Waals surface area contributed by atoms with Crippen LogP contribution in [-0.2, 0) is 9.53 Å². The van der Waals surface area contributed by atoms with Crippen molar-refractivity contribution in [3.05, 3.63) is 30.1 Å². The lowest BCUT2D eigenvalue weighted by atomic mass is 10.2. The van der Waals surface area contributed by atoms with Crippen molar-refractivity contribution in [2.24, 2.45) is 0 Å². The Morgan fingerprint density at radius 1 is 1.53 bits per heavy atom. The summed E-state index contributed by atoms with van der Waals surface area (Å²) in [6.45, 7) is 1.93. The zero-order valence-electron chi connectivity index (χ0n) is 8.14. The monoisotopic (exact) mass is 271 g/mol. The summed E-state index contributed by atoms with van der Waals surface area (Å²) in [7, 11) is 0. The van der Waals surface area contributed by atoms with E-state index in [4.69, 9.17) is 4.74 Å². The summed E-state index contributed by atoms with van der Waals surface area (Å²) in [6, 6.07) is 4.94. The second kappa shape index (κ2) is 5.60. The second-order valence-corrected chi connectivity index (χ2v) is 3.61. The van der Waals surface area contributed by atoms with Crippen LogP contribution < -0.4 is 0 Å². The van der Waals surface area contributed by atoms with Crippen molar-refractivity contribution in [2.75, 3.05) is 6.61 Å². The quantitative estimate of drug-likeness (QED) is 0.361. The van der Waals surface area contributed by atoms with Crippen LogP contribution in [0.3, 0.4) is 0 Å². The van der Waals surface area contributed by atoms with Crippen molar-refractivity contribution < 1.29 is 14.3 Å². The Morgan fingerprint density at radius 3 is 2.80 bits per heavy atom. The van der Waals surface area contributed by atoms with E-state index in [9.17, 15) is 9.59 Å². The molecule has 0 aliphatic rings. The Labute approximate surface area is 95.8 Å².